The van der Waals surface area contributed by atoms with Crippen molar-refractivity contribution in [2.45, 2.75) is 0 Å². The summed E-state index contributed by atoms with van der Waals surface area (Å²) in [6.07, 6.45) is 0. The third kappa shape index (κ3) is 5.14. The molecule has 0 saturated heterocycles. The van der Waals surface area contributed by atoms with E-state index in [1.165, 1.54) is 32.3 Å². The molecule has 0 aliphatic carbocycles. The maximum Gasteiger partial charge on any atom is 0.101 e. The molecule has 70 heavy (non-hydrogen) atoms. The van der Waals surface area contributed by atoms with Gasteiger partial charge in [-0.3, -0.25) is 0 Å². The highest BCUT2D eigenvalue weighted by Crippen LogP contribution is 2.45. The van der Waals surface area contributed by atoms with Crippen molar-refractivity contribution in [3.63, 3.8) is 0 Å². The molecule has 0 radical (unpaired) electrons. The number of nitriles is 2. The van der Waals surface area contributed by atoms with Crippen LogP contribution in [0.3, 0.4) is 0 Å². The van der Waals surface area contributed by atoms with E-state index in [4.69, 9.17) is 0 Å². The number of benzene rings is 11. The van der Waals surface area contributed by atoms with Gasteiger partial charge in [-0.1, -0.05) is 133 Å². The SMILES string of the molecule is N#Cc1cc(-n2c3ccccc3c3cc4c5c6ccccc6ccc5n(-c5ccccc5)c4cc32)c(C#N)cc1-n1c2ccccc2c2cc3c4c5ccccc5ccc4n(-c4ccccc4)c3cc21. The minimum absolute atomic E-state index is 0.461. The van der Waals surface area contributed by atoms with Gasteiger partial charge in [0.25, 0.3) is 0 Å². The van der Waals surface area contributed by atoms with E-state index in [0.29, 0.717) is 22.5 Å². The van der Waals surface area contributed by atoms with E-state index in [9.17, 15) is 10.5 Å². The van der Waals surface area contributed by atoms with Crippen molar-refractivity contribution in [2.75, 3.05) is 0 Å². The van der Waals surface area contributed by atoms with E-state index in [-0.39, 0.29) is 0 Å². The number of rotatable bonds is 4. The molecule has 0 aliphatic heterocycles. The third-order valence-corrected chi connectivity index (χ3v) is 14.8. The number of aromatic nitrogens is 4. The predicted octanol–water partition coefficient (Wildman–Crippen LogP) is 16.1. The van der Waals surface area contributed by atoms with Gasteiger partial charge in [0.1, 0.15) is 12.1 Å². The van der Waals surface area contributed by atoms with E-state index in [1.54, 1.807) is 0 Å². The van der Waals surface area contributed by atoms with Gasteiger partial charge in [-0.25, -0.2) is 0 Å². The van der Waals surface area contributed by atoms with Crippen LogP contribution in [0, 0.1) is 22.7 Å². The van der Waals surface area contributed by atoms with E-state index in [0.717, 1.165) is 87.8 Å². The molecule has 0 N–H and O–H groups in total. The largest absolute Gasteiger partial charge is 0.309 e. The summed E-state index contributed by atoms with van der Waals surface area (Å²) >= 11 is 0. The van der Waals surface area contributed by atoms with Crippen LogP contribution in [-0.2, 0) is 0 Å². The van der Waals surface area contributed by atoms with Gasteiger partial charge >= 0.3 is 0 Å². The van der Waals surface area contributed by atoms with Gasteiger partial charge < -0.3 is 18.3 Å². The van der Waals surface area contributed by atoms with Gasteiger partial charge in [0.05, 0.1) is 66.6 Å². The summed E-state index contributed by atoms with van der Waals surface area (Å²) in [5, 5.41) is 36.4. The normalized spacial score (nSPS) is 12.0. The zero-order valence-electron chi connectivity index (χ0n) is 37.5. The van der Waals surface area contributed by atoms with Crippen molar-refractivity contribution in [3.8, 4) is 34.9 Å². The molecule has 4 heterocycles. The van der Waals surface area contributed by atoms with Crippen LogP contribution in [0.25, 0.3) is 132 Å². The van der Waals surface area contributed by atoms with Crippen LogP contribution < -0.4 is 0 Å². The third-order valence-electron chi connectivity index (χ3n) is 14.8. The van der Waals surface area contributed by atoms with Gasteiger partial charge in [0.2, 0.25) is 0 Å². The Balaban J connectivity index is 1.03. The fraction of sp³-hybridized carbons (Fsp3) is 0. The molecule has 0 saturated carbocycles. The minimum Gasteiger partial charge on any atom is -0.309 e. The maximum atomic E-state index is 11.3. The van der Waals surface area contributed by atoms with Gasteiger partial charge in [-0.05, 0) is 106 Å². The molecule has 0 unspecified atom stereocenters. The van der Waals surface area contributed by atoms with Gasteiger partial charge in [0.15, 0.2) is 0 Å². The smallest absolute Gasteiger partial charge is 0.101 e. The van der Waals surface area contributed by atoms with Crippen LogP contribution in [0.4, 0.5) is 0 Å². The van der Waals surface area contributed by atoms with Crippen molar-refractivity contribution in [1.82, 2.24) is 18.3 Å². The molecule has 4 aromatic heterocycles. The molecule has 0 bridgehead atoms. The van der Waals surface area contributed by atoms with E-state index in [2.05, 4.69) is 225 Å². The first kappa shape index (κ1) is 38.2. The van der Waals surface area contributed by atoms with E-state index < -0.39 is 0 Å². The van der Waals surface area contributed by atoms with Gasteiger partial charge in [-0.2, -0.15) is 10.5 Å². The maximum absolute atomic E-state index is 11.3. The van der Waals surface area contributed by atoms with Crippen molar-refractivity contribution in [1.29, 1.82) is 10.5 Å². The molecule has 322 valence electrons. The summed E-state index contributed by atoms with van der Waals surface area (Å²) in [7, 11) is 0. The van der Waals surface area contributed by atoms with Crippen molar-refractivity contribution in [2.24, 2.45) is 0 Å². The number of para-hydroxylation sites is 4. The lowest BCUT2D eigenvalue weighted by Gasteiger charge is -2.16. The van der Waals surface area contributed by atoms with Crippen LogP contribution in [0.1, 0.15) is 11.1 Å². The lowest BCUT2D eigenvalue weighted by molar-refractivity contribution is 1.12. The Morgan fingerprint density at radius 1 is 0.257 bits per heavy atom. The molecule has 0 fully saturated rings. The molecular weight excluding hydrogens is 853 g/mol. The Kier molecular flexibility index (Phi) is 7.82. The molecule has 6 heteroatoms. The van der Waals surface area contributed by atoms with Crippen LogP contribution >= 0.6 is 0 Å². The molecule has 0 amide bonds. The summed E-state index contributed by atoms with van der Waals surface area (Å²) in [6, 6.07) is 82.3. The topological polar surface area (TPSA) is 67.3 Å². The molecule has 0 aliphatic rings. The van der Waals surface area contributed by atoms with Crippen LogP contribution in [-0.4, -0.2) is 18.3 Å². The molecule has 6 nitrogen and oxygen atoms in total. The molecule has 15 aromatic rings. The second kappa shape index (κ2) is 14.3. The first-order valence-corrected chi connectivity index (χ1v) is 23.5. The molecule has 11 aromatic carbocycles. The van der Waals surface area contributed by atoms with Crippen LogP contribution in [0.15, 0.2) is 218 Å². The summed E-state index contributed by atoms with van der Waals surface area (Å²) in [4.78, 5) is 0. The molecule has 0 spiro atoms. The summed E-state index contributed by atoms with van der Waals surface area (Å²) in [5.74, 6) is 0. The molecule has 15 rings (SSSR count). The van der Waals surface area contributed by atoms with Gasteiger partial charge in [-0.15, -0.1) is 0 Å². The van der Waals surface area contributed by atoms with Crippen LogP contribution in [0.2, 0.25) is 0 Å². The highest BCUT2D eigenvalue weighted by atomic mass is 15.0. The first-order valence-electron chi connectivity index (χ1n) is 23.5. The second-order valence-corrected chi connectivity index (χ2v) is 18.3. The number of hydrogen-bond donors (Lipinski definition) is 0. The summed E-state index contributed by atoms with van der Waals surface area (Å²) in [6.45, 7) is 0. The van der Waals surface area contributed by atoms with E-state index >= 15 is 0 Å². The second-order valence-electron chi connectivity index (χ2n) is 18.3. The molecular formula is C64H36N6. The fourth-order valence-corrected chi connectivity index (χ4v) is 11.9. The molecule has 0 atom stereocenters. The number of fused-ring (bicyclic) bond motifs is 16. The Morgan fingerprint density at radius 3 is 1.06 bits per heavy atom. The lowest BCUT2D eigenvalue weighted by atomic mass is 10.0. The highest BCUT2D eigenvalue weighted by molar-refractivity contribution is 6.27. The highest BCUT2D eigenvalue weighted by Gasteiger charge is 2.25. The Labute approximate surface area is 400 Å². The Morgan fingerprint density at radius 2 is 0.629 bits per heavy atom. The summed E-state index contributed by atoms with van der Waals surface area (Å²) in [5.41, 5.74) is 12.5. The average molecular weight is 889 g/mol. The van der Waals surface area contributed by atoms with Gasteiger partial charge in [0, 0.05) is 54.5 Å². The standard InChI is InChI=1S/C64H36N6/c65-37-41-32-58(70-54-26-14-12-24-48(54)50-34-52-62(36-60(50)70)68(44-19-5-2-6-20-44)56-30-28-40-16-8-10-22-46(40)64(52)56)42(38-66)31-57(41)69-53-25-13-11-23-47(53)49-33-51-61(35-59(49)69)67(43-17-3-1-4-18-43)55-29-27-39-15-7-9-21-45(39)63(51)55/h1-36H. The fourth-order valence-electron chi connectivity index (χ4n) is 11.9. The van der Waals surface area contributed by atoms with Crippen molar-refractivity contribution >= 4 is 109 Å². The monoisotopic (exact) mass is 888 g/mol. The predicted molar refractivity (Wildman–Crippen MR) is 288 cm³/mol. The van der Waals surface area contributed by atoms with Crippen molar-refractivity contribution in [3.05, 3.63) is 230 Å². The zero-order valence-corrected chi connectivity index (χ0v) is 37.5. The van der Waals surface area contributed by atoms with Crippen LogP contribution in [0.5, 0.6) is 0 Å². The summed E-state index contributed by atoms with van der Waals surface area (Å²) < 4.78 is 9.09. The average Bonchev–Trinajstić information content (AvgIpc) is 4.14. The van der Waals surface area contributed by atoms with Crippen molar-refractivity contribution < 1.29 is 0 Å². The number of hydrogen-bond acceptors (Lipinski definition) is 2. The quantitative estimate of drug-likeness (QED) is 0.177. The Hall–Kier alpha value is -9.88. The number of nitrogens with zero attached hydrogens (tertiary/aromatic N) is 6. The first-order chi connectivity index (χ1) is 34.7. The van der Waals surface area contributed by atoms with E-state index in [1.807, 2.05) is 24.3 Å². The zero-order chi connectivity index (χ0) is 46.2. The lowest BCUT2D eigenvalue weighted by Crippen LogP contribution is -2.04. The minimum atomic E-state index is 0.461. The Bertz CT molecular complexity index is 4530.